The molecule has 0 spiro atoms. The molecule has 0 saturated heterocycles. The Balaban J connectivity index is 1.69. The lowest BCUT2D eigenvalue weighted by atomic mass is 9.85. The van der Waals surface area contributed by atoms with Crippen molar-refractivity contribution in [3.05, 3.63) is 46.9 Å². The molecule has 5 nitrogen and oxygen atoms in total. The second-order valence-electron chi connectivity index (χ2n) is 7.39. The standard InChI is InChI=1S/C19H21N5S/c1-11(2)17-22-14-8-7-12(21-18(14)23-17)10-19(3,4)16-15-13(24-25-16)6-5-9-20-15/h5-9,11H,10H2,1-4H3,(H,21,22,23). The van der Waals surface area contributed by atoms with Crippen molar-refractivity contribution >= 4 is 33.7 Å². The first kappa shape index (κ1) is 16.1. The number of nitrogens with one attached hydrogen (secondary N) is 1. The number of hydrogen-bond acceptors (Lipinski definition) is 5. The fraction of sp³-hybridized carbons (Fsp3) is 0.368. The van der Waals surface area contributed by atoms with Crippen molar-refractivity contribution in [3.63, 3.8) is 0 Å². The molecule has 4 heterocycles. The molecule has 0 atom stereocenters. The van der Waals surface area contributed by atoms with E-state index in [1.165, 1.54) is 4.88 Å². The Bertz CT molecular complexity index is 1040. The molecule has 0 unspecified atom stereocenters. The van der Waals surface area contributed by atoms with Crippen LogP contribution in [0.4, 0.5) is 0 Å². The van der Waals surface area contributed by atoms with Crippen LogP contribution in [0.1, 0.15) is 50.0 Å². The number of fused-ring (bicyclic) bond motifs is 2. The fourth-order valence-electron chi connectivity index (χ4n) is 3.09. The molecule has 128 valence electrons. The molecule has 0 bridgehead atoms. The van der Waals surface area contributed by atoms with Crippen LogP contribution >= 0.6 is 11.5 Å². The van der Waals surface area contributed by atoms with Gasteiger partial charge in [-0.3, -0.25) is 4.98 Å². The molecule has 4 rings (SSSR count). The van der Waals surface area contributed by atoms with Gasteiger partial charge in [0, 0.05) is 23.2 Å². The van der Waals surface area contributed by atoms with Crippen LogP contribution in [0.3, 0.4) is 0 Å². The third-order valence-electron chi connectivity index (χ3n) is 4.44. The van der Waals surface area contributed by atoms with Gasteiger partial charge in [-0.1, -0.05) is 27.7 Å². The minimum Gasteiger partial charge on any atom is -0.326 e. The predicted octanol–water partition coefficient (Wildman–Crippen LogP) is 4.61. The number of aromatic amines is 1. The number of aromatic nitrogens is 5. The Hall–Kier alpha value is -2.34. The van der Waals surface area contributed by atoms with E-state index in [9.17, 15) is 0 Å². The van der Waals surface area contributed by atoms with Gasteiger partial charge in [-0.2, -0.15) is 4.37 Å². The van der Waals surface area contributed by atoms with E-state index in [1.54, 1.807) is 11.5 Å². The van der Waals surface area contributed by atoms with E-state index in [1.807, 2.05) is 18.3 Å². The lowest BCUT2D eigenvalue weighted by Gasteiger charge is -2.22. The summed E-state index contributed by atoms with van der Waals surface area (Å²) >= 11 is 1.54. The van der Waals surface area contributed by atoms with E-state index < -0.39 is 0 Å². The van der Waals surface area contributed by atoms with Gasteiger partial charge in [-0.25, -0.2) is 9.97 Å². The van der Waals surface area contributed by atoms with Crippen molar-refractivity contribution in [1.29, 1.82) is 0 Å². The number of nitrogens with zero attached hydrogens (tertiary/aromatic N) is 4. The van der Waals surface area contributed by atoms with Crippen LogP contribution in [0.5, 0.6) is 0 Å². The summed E-state index contributed by atoms with van der Waals surface area (Å²) in [6.45, 7) is 8.72. The summed E-state index contributed by atoms with van der Waals surface area (Å²) in [5.41, 5.74) is 4.72. The quantitative estimate of drug-likeness (QED) is 0.583. The summed E-state index contributed by atoms with van der Waals surface area (Å²) in [7, 11) is 0. The predicted molar refractivity (Wildman–Crippen MR) is 102 cm³/mol. The highest BCUT2D eigenvalue weighted by atomic mass is 32.1. The summed E-state index contributed by atoms with van der Waals surface area (Å²) in [5, 5.41) is 0. The Morgan fingerprint density at radius 1 is 1.12 bits per heavy atom. The molecule has 0 radical (unpaired) electrons. The van der Waals surface area contributed by atoms with E-state index in [4.69, 9.17) is 4.98 Å². The van der Waals surface area contributed by atoms with Gasteiger partial charge in [0.15, 0.2) is 5.65 Å². The zero-order valence-corrected chi connectivity index (χ0v) is 15.7. The average molecular weight is 351 g/mol. The Kier molecular flexibility index (Phi) is 3.80. The molecule has 0 aliphatic heterocycles. The first-order valence-electron chi connectivity index (χ1n) is 8.50. The lowest BCUT2D eigenvalue weighted by Crippen LogP contribution is -2.20. The normalized spacial score (nSPS) is 12.5. The van der Waals surface area contributed by atoms with Crippen LogP contribution in [-0.2, 0) is 11.8 Å². The molecule has 0 aliphatic carbocycles. The third-order valence-corrected chi connectivity index (χ3v) is 5.66. The van der Waals surface area contributed by atoms with Crippen molar-refractivity contribution in [2.24, 2.45) is 0 Å². The molecule has 0 aromatic carbocycles. The highest BCUT2D eigenvalue weighted by Gasteiger charge is 2.27. The number of imidazole rings is 1. The van der Waals surface area contributed by atoms with Gasteiger partial charge >= 0.3 is 0 Å². The molecule has 0 aliphatic rings. The molecule has 25 heavy (non-hydrogen) atoms. The summed E-state index contributed by atoms with van der Waals surface area (Å²) in [6.07, 6.45) is 2.66. The third kappa shape index (κ3) is 2.91. The Morgan fingerprint density at radius 2 is 1.96 bits per heavy atom. The van der Waals surface area contributed by atoms with Crippen molar-refractivity contribution in [2.45, 2.75) is 45.4 Å². The Labute approximate surface area is 150 Å². The van der Waals surface area contributed by atoms with Crippen LogP contribution < -0.4 is 0 Å². The van der Waals surface area contributed by atoms with Crippen LogP contribution in [0, 0.1) is 0 Å². The second-order valence-corrected chi connectivity index (χ2v) is 8.16. The van der Waals surface area contributed by atoms with Gasteiger partial charge in [0.1, 0.15) is 22.4 Å². The summed E-state index contributed by atoms with van der Waals surface area (Å²) in [6, 6.07) is 8.07. The largest absolute Gasteiger partial charge is 0.326 e. The van der Waals surface area contributed by atoms with Crippen molar-refractivity contribution in [1.82, 2.24) is 24.3 Å². The van der Waals surface area contributed by atoms with Crippen molar-refractivity contribution < 1.29 is 0 Å². The maximum atomic E-state index is 4.80. The van der Waals surface area contributed by atoms with E-state index in [-0.39, 0.29) is 5.41 Å². The van der Waals surface area contributed by atoms with Crippen molar-refractivity contribution in [3.8, 4) is 0 Å². The number of pyridine rings is 2. The monoisotopic (exact) mass is 351 g/mol. The summed E-state index contributed by atoms with van der Waals surface area (Å²) in [4.78, 5) is 18.5. The molecule has 4 aromatic rings. The first-order valence-corrected chi connectivity index (χ1v) is 9.28. The molecule has 0 amide bonds. The minimum atomic E-state index is -0.0880. The average Bonchev–Trinajstić information content (AvgIpc) is 3.18. The van der Waals surface area contributed by atoms with Crippen molar-refractivity contribution in [2.75, 3.05) is 0 Å². The molecule has 4 aromatic heterocycles. The maximum Gasteiger partial charge on any atom is 0.157 e. The van der Waals surface area contributed by atoms with Crippen LogP contribution in [0.2, 0.25) is 0 Å². The molecule has 1 N–H and O–H groups in total. The van der Waals surface area contributed by atoms with Gasteiger partial charge in [-0.05, 0) is 42.2 Å². The topological polar surface area (TPSA) is 67.3 Å². The smallest absolute Gasteiger partial charge is 0.157 e. The van der Waals surface area contributed by atoms with Gasteiger partial charge in [-0.15, -0.1) is 0 Å². The number of hydrogen-bond donors (Lipinski definition) is 1. The summed E-state index contributed by atoms with van der Waals surface area (Å²) < 4.78 is 4.54. The molecule has 0 fully saturated rings. The highest BCUT2D eigenvalue weighted by Crippen LogP contribution is 2.35. The fourth-order valence-corrected chi connectivity index (χ4v) is 3.99. The lowest BCUT2D eigenvalue weighted by molar-refractivity contribution is 0.530. The zero-order valence-electron chi connectivity index (χ0n) is 14.9. The first-order chi connectivity index (χ1) is 11.9. The number of H-pyrrole nitrogens is 1. The van der Waals surface area contributed by atoms with Crippen LogP contribution in [-0.4, -0.2) is 24.3 Å². The number of rotatable bonds is 4. The zero-order chi connectivity index (χ0) is 17.6. The van der Waals surface area contributed by atoms with Gasteiger partial charge < -0.3 is 4.98 Å². The maximum absolute atomic E-state index is 4.80. The van der Waals surface area contributed by atoms with E-state index in [2.05, 4.69) is 59.2 Å². The van der Waals surface area contributed by atoms with E-state index >= 15 is 0 Å². The van der Waals surface area contributed by atoms with Gasteiger partial charge in [0.25, 0.3) is 0 Å². The second kappa shape index (κ2) is 5.88. The molecular weight excluding hydrogens is 330 g/mol. The minimum absolute atomic E-state index is 0.0880. The molecule has 0 saturated carbocycles. The Morgan fingerprint density at radius 3 is 2.76 bits per heavy atom. The van der Waals surface area contributed by atoms with Crippen LogP contribution in [0.15, 0.2) is 30.5 Å². The van der Waals surface area contributed by atoms with Gasteiger partial charge in [0.05, 0.1) is 4.88 Å². The molecular formula is C19H21N5S. The highest BCUT2D eigenvalue weighted by molar-refractivity contribution is 7.07. The summed E-state index contributed by atoms with van der Waals surface area (Å²) in [5.74, 6) is 1.35. The van der Waals surface area contributed by atoms with Gasteiger partial charge in [0.2, 0.25) is 0 Å². The SMILES string of the molecule is CC(C)c1nc2ccc(CC(C)(C)c3snc4cccnc34)nc2[nH]1. The molecule has 6 heteroatoms. The van der Waals surface area contributed by atoms with E-state index in [0.717, 1.165) is 40.1 Å². The van der Waals surface area contributed by atoms with Crippen LogP contribution in [0.25, 0.3) is 22.2 Å². The van der Waals surface area contributed by atoms with E-state index in [0.29, 0.717) is 5.92 Å².